The average Bonchev–Trinajstić information content (AvgIpc) is 3.10. The molecule has 0 unspecified atom stereocenters. The van der Waals surface area contributed by atoms with Gasteiger partial charge < -0.3 is 13.9 Å². The SMILES string of the molecule is COc1cc(C)c(CSc2nnc(-c3ccccc3)o2)cc1OC. The predicted molar refractivity (Wildman–Crippen MR) is 93.6 cm³/mol. The van der Waals surface area contributed by atoms with Crippen molar-refractivity contribution in [3.63, 3.8) is 0 Å². The lowest BCUT2D eigenvalue weighted by Gasteiger charge is -2.11. The van der Waals surface area contributed by atoms with Crippen LogP contribution in [-0.4, -0.2) is 24.4 Å². The Bertz CT molecular complexity index is 818. The fraction of sp³-hybridized carbons (Fsp3) is 0.222. The van der Waals surface area contributed by atoms with Gasteiger partial charge in [0, 0.05) is 11.3 Å². The number of benzene rings is 2. The third-order valence-corrected chi connectivity index (χ3v) is 4.49. The smallest absolute Gasteiger partial charge is 0.277 e. The van der Waals surface area contributed by atoms with E-state index >= 15 is 0 Å². The van der Waals surface area contributed by atoms with Crippen LogP contribution in [0.15, 0.2) is 52.1 Å². The molecule has 0 fully saturated rings. The van der Waals surface area contributed by atoms with Crippen molar-refractivity contribution in [1.29, 1.82) is 0 Å². The summed E-state index contributed by atoms with van der Waals surface area (Å²) in [6, 6.07) is 13.7. The number of rotatable bonds is 6. The Kier molecular flexibility index (Phi) is 5.05. The van der Waals surface area contributed by atoms with Crippen LogP contribution in [0.25, 0.3) is 11.5 Å². The first-order chi connectivity index (χ1) is 11.7. The van der Waals surface area contributed by atoms with Crippen LogP contribution in [0.2, 0.25) is 0 Å². The average molecular weight is 342 g/mol. The minimum absolute atomic E-state index is 0.530. The molecule has 0 amide bonds. The highest BCUT2D eigenvalue weighted by Gasteiger charge is 2.12. The van der Waals surface area contributed by atoms with E-state index in [2.05, 4.69) is 10.2 Å². The summed E-state index contributed by atoms with van der Waals surface area (Å²) < 4.78 is 16.4. The molecule has 3 aromatic rings. The summed E-state index contributed by atoms with van der Waals surface area (Å²) in [5.74, 6) is 2.69. The number of ether oxygens (including phenoxy) is 2. The highest BCUT2D eigenvalue weighted by molar-refractivity contribution is 7.98. The van der Waals surface area contributed by atoms with Crippen LogP contribution < -0.4 is 9.47 Å². The minimum atomic E-state index is 0.530. The van der Waals surface area contributed by atoms with E-state index in [0.717, 1.165) is 22.4 Å². The molecule has 0 spiro atoms. The van der Waals surface area contributed by atoms with Gasteiger partial charge in [-0.1, -0.05) is 30.0 Å². The first kappa shape index (κ1) is 16.4. The number of hydrogen-bond acceptors (Lipinski definition) is 6. The zero-order valence-electron chi connectivity index (χ0n) is 13.8. The van der Waals surface area contributed by atoms with Crippen LogP contribution in [0.1, 0.15) is 11.1 Å². The van der Waals surface area contributed by atoms with Crippen LogP contribution in [0, 0.1) is 6.92 Å². The lowest BCUT2D eigenvalue weighted by Crippen LogP contribution is -1.95. The van der Waals surface area contributed by atoms with Crippen LogP contribution in [-0.2, 0) is 5.75 Å². The molecule has 1 heterocycles. The van der Waals surface area contributed by atoms with Gasteiger partial charge in [-0.2, -0.15) is 0 Å². The molecule has 0 aliphatic heterocycles. The van der Waals surface area contributed by atoms with Gasteiger partial charge in [0.1, 0.15) is 0 Å². The highest BCUT2D eigenvalue weighted by atomic mass is 32.2. The molecule has 0 radical (unpaired) electrons. The molecule has 0 aliphatic rings. The second-order valence-electron chi connectivity index (χ2n) is 5.16. The molecule has 5 nitrogen and oxygen atoms in total. The summed E-state index contributed by atoms with van der Waals surface area (Å²) in [5, 5.41) is 8.75. The van der Waals surface area contributed by atoms with Gasteiger partial charge in [0.15, 0.2) is 11.5 Å². The molecule has 0 aliphatic carbocycles. The number of nitrogens with zero attached hydrogens (tertiary/aromatic N) is 2. The van der Waals surface area contributed by atoms with E-state index in [1.807, 2.05) is 49.4 Å². The van der Waals surface area contributed by atoms with E-state index in [9.17, 15) is 0 Å². The van der Waals surface area contributed by atoms with Gasteiger partial charge in [-0.25, -0.2) is 0 Å². The van der Waals surface area contributed by atoms with Crippen molar-refractivity contribution in [3.8, 4) is 23.0 Å². The van der Waals surface area contributed by atoms with Gasteiger partial charge in [-0.3, -0.25) is 0 Å². The molecule has 0 atom stereocenters. The molecule has 0 N–H and O–H groups in total. The maximum atomic E-state index is 5.72. The molecule has 24 heavy (non-hydrogen) atoms. The quantitative estimate of drug-likeness (QED) is 0.621. The van der Waals surface area contributed by atoms with Gasteiger partial charge in [-0.15, -0.1) is 10.2 Å². The zero-order valence-corrected chi connectivity index (χ0v) is 14.6. The molecule has 6 heteroatoms. The van der Waals surface area contributed by atoms with E-state index in [4.69, 9.17) is 13.9 Å². The second kappa shape index (κ2) is 7.40. The maximum Gasteiger partial charge on any atom is 0.277 e. The lowest BCUT2D eigenvalue weighted by molar-refractivity contribution is 0.354. The fourth-order valence-corrected chi connectivity index (χ4v) is 3.11. The van der Waals surface area contributed by atoms with Crippen molar-refractivity contribution < 1.29 is 13.9 Å². The Hall–Kier alpha value is -2.47. The van der Waals surface area contributed by atoms with Crippen LogP contribution in [0.4, 0.5) is 0 Å². The summed E-state index contributed by atoms with van der Waals surface area (Å²) in [6.45, 7) is 2.04. The Morgan fingerprint density at radius 2 is 1.71 bits per heavy atom. The number of aryl methyl sites for hydroxylation is 1. The minimum Gasteiger partial charge on any atom is -0.493 e. The molecule has 1 aromatic heterocycles. The topological polar surface area (TPSA) is 57.4 Å². The molecule has 0 saturated carbocycles. The van der Waals surface area contributed by atoms with E-state index in [1.165, 1.54) is 11.8 Å². The van der Waals surface area contributed by atoms with Crippen molar-refractivity contribution in [2.75, 3.05) is 14.2 Å². The zero-order chi connectivity index (χ0) is 16.9. The summed E-state index contributed by atoms with van der Waals surface area (Å²) in [4.78, 5) is 0. The summed E-state index contributed by atoms with van der Waals surface area (Å²) in [6.07, 6.45) is 0. The first-order valence-electron chi connectivity index (χ1n) is 7.44. The van der Waals surface area contributed by atoms with Crippen molar-refractivity contribution >= 4 is 11.8 Å². The lowest BCUT2D eigenvalue weighted by atomic mass is 10.1. The normalized spacial score (nSPS) is 10.6. The summed E-state index contributed by atoms with van der Waals surface area (Å²) >= 11 is 1.50. The Morgan fingerprint density at radius 3 is 2.42 bits per heavy atom. The highest BCUT2D eigenvalue weighted by Crippen LogP contribution is 2.33. The molecule has 124 valence electrons. The number of aromatic nitrogens is 2. The monoisotopic (exact) mass is 342 g/mol. The van der Waals surface area contributed by atoms with Crippen LogP contribution in [0.3, 0.4) is 0 Å². The first-order valence-corrected chi connectivity index (χ1v) is 8.43. The van der Waals surface area contributed by atoms with Gasteiger partial charge in [0.2, 0.25) is 5.89 Å². The fourth-order valence-electron chi connectivity index (χ4n) is 2.28. The van der Waals surface area contributed by atoms with Crippen molar-refractivity contribution in [1.82, 2.24) is 10.2 Å². The number of hydrogen-bond donors (Lipinski definition) is 0. The van der Waals surface area contributed by atoms with Crippen LogP contribution in [0.5, 0.6) is 11.5 Å². The van der Waals surface area contributed by atoms with Crippen molar-refractivity contribution in [2.24, 2.45) is 0 Å². The molecule has 3 rings (SSSR count). The molecule has 2 aromatic carbocycles. The van der Waals surface area contributed by atoms with E-state index in [0.29, 0.717) is 22.6 Å². The van der Waals surface area contributed by atoms with E-state index < -0.39 is 0 Å². The third-order valence-electron chi connectivity index (χ3n) is 3.62. The van der Waals surface area contributed by atoms with E-state index in [-0.39, 0.29) is 0 Å². The maximum absolute atomic E-state index is 5.72. The van der Waals surface area contributed by atoms with Crippen LogP contribution >= 0.6 is 11.8 Å². The summed E-state index contributed by atoms with van der Waals surface area (Å²) in [5.41, 5.74) is 3.18. The number of methoxy groups -OCH3 is 2. The van der Waals surface area contributed by atoms with Crippen molar-refractivity contribution in [2.45, 2.75) is 17.9 Å². The van der Waals surface area contributed by atoms with Gasteiger partial charge in [0.05, 0.1) is 14.2 Å². The molecular formula is C18H18N2O3S. The van der Waals surface area contributed by atoms with Gasteiger partial charge in [0.25, 0.3) is 5.22 Å². The van der Waals surface area contributed by atoms with E-state index in [1.54, 1.807) is 14.2 Å². The third kappa shape index (κ3) is 3.54. The Balaban J connectivity index is 1.73. The predicted octanol–water partition coefficient (Wildman–Crippen LogP) is 4.35. The van der Waals surface area contributed by atoms with Crippen molar-refractivity contribution in [3.05, 3.63) is 53.6 Å². The summed E-state index contributed by atoms with van der Waals surface area (Å²) in [7, 11) is 3.27. The van der Waals surface area contributed by atoms with Gasteiger partial charge in [-0.05, 0) is 42.3 Å². The Labute approximate surface area is 145 Å². The molecular weight excluding hydrogens is 324 g/mol. The standard InChI is InChI=1S/C18H18N2O3S/c1-12-9-15(21-2)16(22-3)10-14(12)11-24-18-20-19-17(23-18)13-7-5-4-6-8-13/h4-10H,11H2,1-3H3. The van der Waals surface area contributed by atoms with Gasteiger partial charge >= 0.3 is 0 Å². The molecule has 0 bridgehead atoms. The molecule has 0 saturated heterocycles. The largest absolute Gasteiger partial charge is 0.493 e. The second-order valence-corrected chi connectivity index (χ2v) is 6.09. The number of thioether (sulfide) groups is 1. The Morgan fingerprint density at radius 1 is 1.00 bits per heavy atom.